The lowest BCUT2D eigenvalue weighted by atomic mass is 10.2. The van der Waals surface area contributed by atoms with Gasteiger partial charge in [-0.25, -0.2) is 8.78 Å². The third-order valence-corrected chi connectivity index (χ3v) is 3.54. The summed E-state index contributed by atoms with van der Waals surface area (Å²) in [5, 5.41) is 3.33. The van der Waals surface area contributed by atoms with E-state index < -0.39 is 5.82 Å². The Morgan fingerprint density at radius 1 is 0.952 bits per heavy atom. The zero-order valence-electron chi connectivity index (χ0n) is 11.6. The highest BCUT2D eigenvalue weighted by atomic mass is 19.1. The molecule has 3 rings (SSSR count). The lowest BCUT2D eigenvalue weighted by Crippen LogP contribution is -2.16. The SMILES string of the molecule is Fc1ccccc1COc1c(F)cccc1CNC1CC1. The molecule has 110 valence electrons. The monoisotopic (exact) mass is 289 g/mol. The van der Waals surface area contributed by atoms with Crippen LogP contribution in [-0.2, 0) is 13.2 Å². The molecule has 2 aromatic carbocycles. The number of para-hydroxylation sites is 1. The van der Waals surface area contributed by atoms with Gasteiger partial charge in [-0.2, -0.15) is 0 Å². The van der Waals surface area contributed by atoms with Gasteiger partial charge in [-0.05, 0) is 25.0 Å². The second kappa shape index (κ2) is 6.22. The molecule has 0 bridgehead atoms. The van der Waals surface area contributed by atoms with E-state index in [1.165, 1.54) is 25.0 Å². The first kappa shape index (κ1) is 14.0. The van der Waals surface area contributed by atoms with Crippen LogP contribution in [0.4, 0.5) is 8.78 Å². The average molecular weight is 289 g/mol. The van der Waals surface area contributed by atoms with E-state index in [0.29, 0.717) is 18.2 Å². The normalized spacial score (nSPS) is 14.2. The number of halogens is 2. The van der Waals surface area contributed by atoms with Crippen LogP contribution in [0.5, 0.6) is 5.75 Å². The Morgan fingerprint density at radius 2 is 1.67 bits per heavy atom. The minimum absolute atomic E-state index is 0.0179. The summed E-state index contributed by atoms with van der Waals surface area (Å²) in [6.07, 6.45) is 2.33. The van der Waals surface area contributed by atoms with Crippen molar-refractivity contribution < 1.29 is 13.5 Å². The van der Waals surface area contributed by atoms with Gasteiger partial charge >= 0.3 is 0 Å². The van der Waals surface area contributed by atoms with Crippen LogP contribution in [0.2, 0.25) is 0 Å². The molecule has 0 unspecified atom stereocenters. The quantitative estimate of drug-likeness (QED) is 0.873. The van der Waals surface area contributed by atoms with Gasteiger partial charge in [0.25, 0.3) is 0 Å². The van der Waals surface area contributed by atoms with Gasteiger partial charge in [0.15, 0.2) is 11.6 Å². The maximum Gasteiger partial charge on any atom is 0.165 e. The third-order valence-electron chi connectivity index (χ3n) is 3.54. The zero-order chi connectivity index (χ0) is 14.7. The molecule has 1 aliphatic rings. The molecule has 1 saturated carbocycles. The van der Waals surface area contributed by atoms with Gasteiger partial charge in [0.2, 0.25) is 0 Å². The Bertz CT molecular complexity index is 626. The molecule has 0 heterocycles. The second-order valence-corrected chi connectivity index (χ2v) is 5.26. The van der Waals surface area contributed by atoms with E-state index in [1.807, 2.05) is 6.07 Å². The number of hydrogen-bond acceptors (Lipinski definition) is 2. The highest BCUT2D eigenvalue weighted by molar-refractivity contribution is 5.35. The van der Waals surface area contributed by atoms with Gasteiger partial charge in [0.05, 0.1) is 0 Å². The summed E-state index contributed by atoms with van der Waals surface area (Å²) in [5.74, 6) is -0.554. The molecule has 0 radical (unpaired) electrons. The van der Waals surface area contributed by atoms with E-state index in [9.17, 15) is 8.78 Å². The fourth-order valence-electron chi connectivity index (χ4n) is 2.16. The van der Waals surface area contributed by atoms with Crippen LogP contribution in [0.3, 0.4) is 0 Å². The van der Waals surface area contributed by atoms with Crippen molar-refractivity contribution in [2.24, 2.45) is 0 Å². The van der Waals surface area contributed by atoms with E-state index in [0.717, 1.165) is 5.56 Å². The highest BCUT2D eigenvalue weighted by Crippen LogP contribution is 2.26. The summed E-state index contributed by atoms with van der Waals surface area (Å²) in [5.41, 5.74) is 1.18. The molecule has 4 heteroatoms. The summed E-state index contributed by atoms with van der Waals surface area (Å²) in [6, 6.07) is 11.7. The van der Waals surface area contributed by atoms with Gasteiger partial charge < -0.3 is 10.1 Å². The fraction of sp³-hybridized carbons (Fsp3) is 0.294. The van der Waals surface area contributed by atoms with Gasteiger partial charge in [-0.1, -0.05) is 30.3 Å². The standard InChI is InChI=1S/C17H17F2NO/c18-15-6-2-1-4-13(15)11-21-17-12(5-3-7-16(17)19)10-20-14-8-9-14/h1-7,14,20H,8-11H2. The first-order valence-corrected chi connectivity index (χ1v) is 7.11. The van der Waals surface area contributed by atoms with Gasteiger partial charge in [-0.15, -0.1) is 0 Å². The number of nitrogens with one attached hydrogen (secondary N) is 1. The molecule has 0 atom stereocenters. The molecule has 1 aliphatic carbocycles. The second-order valence-electron chi connectivity index (χ2n) is 5.26. The van der Waals surface area contributed by atoms with Crippen molar-refractivity contribution in [3.05, 3.63) is 65.2 Å². The van der Waals surface area contributed by atoms with E-state index >= 15 is 0 Å². The van der Waals surface area contributed by atoms with Crippen molar-refractivity contribution in [2.45, 2.75) is 32.0 Å². The predicted molar refractivity (Wildman–Crippen MR) is 77.0 cm³/mol. The average Bonchev–Trinajstić information content (AvgIpc) is 3.30. The van der Waals surface area contributed by atoms with Crippen LogP contribution in [0.1, 0.15) is 24.0 Å². The maximum absolute atomic E-state index is 13.9. The lowest BCUT2D eigenvalue weighted by molar-refractivity contribution is 0.280. The smallest absolute Gasteiger partial charge is 0.165 e. The molecule has 2 aromatic rings. The van der Waals surface area contributed by atoms with E-state index in [2.05, 4.69) is 5.32 Å². The van der Waals surface area contributed by atoms with Crippen molar-refractivity contribution in [3.63, 3.8) is 0 Å². The Kier molecular flexibility index (Phi) is 4.15. The lowest BCUT2D eigenvalue weighted by Gasteiger charge is -2.13. The molecule has 21 heavy (non-hydrogen) atoms. The topological polar surface area (TPSA) is 21.3 Å². The van der Waals surface area contributed by atoms with E-state index in [1.54, 1.807) is 24.3 Å². The molecule has 1 N–H and O–H groups in total. The molecule has 0 amide bonds. The van der Waals surface area contributed by atoms with Crippen LogP contribution in [0.15, 0.2) is 42.5 Å². The largest absolute Gasteiger partial charge is 0.485 e. The van der Waals surface area contributed by atoms with Crippen LogP contribution < -0.4 is 10.1 Å². The Balaban J connectivity index is 1.72. The van der Waals surface area contributed by atoms with Gasteiger partial charge in [0, 0.05) is 23.7 Å². The van der Waals surface area contributed by atoms with Crippen molar-refractivity contribution in [2.75, 3.05) is 0 Å². The summed E-state index contributed by atoms with van der Waals surface area (Å²) in [4.78, 5) is 0. The Hall–Kier alpha value is -1.94. The van der Waals surface area contributed by atoms with Crippen molar-refractivity contribution >= 4 is 0 Å². The predicted octanol–water partition coefficient (Wildman–Crippen LogP) is 3.80. The zero-order valence-corrected chi connectivity index (χ0v) is 11.6. The van der Waals surface area contributed by atoms with Gasteiger partial charge in [-0.3, -0.25) is 0 Å². The molecular formula is C17H17F2NO. The van der Waals surface area contributed by atoms with Crippen LogP contribution >= 0.6 is 0 Å². The summed E-state index contributed by atoms with van der Waals surface area (Å²) in [7, 11) is 0. The molecule has 2 nitrogen and oxygen atoms in total. The summed E-state index contributed by atoms with van der Waals surface area (Å²) in [6.45, 7) is 0.582. The summed E-state index contributed by atoms with van der Waals surface area (Å²) < 4.78 is 33.0. The van der Waals surface area contributed by atoms with Crippen molar-refractivity contribution in [1.82, 2.24) is 5.32 Å². The first-order chi connectivity index (χ1) is 10.2. The molecule has 0 aromatic heterocycles. The minimum Gasteiger partial charge on any atom is -0.485 e. The van der Waals surface area contributed by atoms with Crippen molar-refractivity contribution in [3.8, 4) is 5.75 Å². The van der Waals surface area contributed by atoms with Crippen LogP contribution in [0.25, 0.3) is 0 Å². The number of ether oxygens (including phenoxy) is 1. The number of rotatable bonds is 6. The molecule has 0 spiro atoms. The highest BCUT2D eigenvalue weighted by Gasteiger charge is 2.21. The van der Waals surface area contributed by atoms with E-state index in [4.69, 9.17) is 4.74 Å². The maximum atomic E-state index is 13.9. The van der Waals surface area contributed by atoms with Crippen molar-refractivity contribution in [1.29, 1.82) is 0 Å². The molecule has 0 aliphatic heterocycles. The fourth-order valence-corrected chi connectivity index (χ4v) is 2.16. The van der Waals surface area contributed by atoms with Crippen LogP contribution in [-0.4, -0.2) is 6.04 Å². The molecular weight excluding hydrogens is 272 g/mol. The third kappa shape index (κ3) is 3.58. The Labute approximate surface area is 122 Å². The minimum atomic E-state index is -0.415. The first-order valence-electron chi connectivity index (χ1n) is 7.11. The van der Waals surface area contributed by atoms with Gasteiger partial charge in [0.1, 0.15) is 12.4 Å². The van der Waals surface area contributed by atoms with Crippen LogP contribution in [0, 0.1) is 11.6 Å². The molecule has 0 saturated heterocycles. The number of benzene rings is 2. The van der Waals surface area contributed by atoms with E-state index in [-0.39, 0.29) is 18.2 Å². The summed E-state index contributed by atoms with van der Waals surface area (Å²) >= 11 is 0. The Morgan fingerprint density at radius 3 is 2.43 bits per heavy atom. The number of hydrogen-bond donors (Lipinski definition) is 1. The molecule has 1 fully saturated rings.